The van der Waals surface area contributed by atoms with Crippen LogP contribution in [-0.2, 0) is 4.79 Å². The molecule has 4 nitrogen and oxygen atoms in total. The molecule has 2 fully saturated rings. The summed E-state index contributed by atoms with van der Waals surface area (Å²) in [5.41, 5.74) is 0.657. The van der Waals surface area contributed by atoms with Gasteiger partial charge in [0.2, 0.25) is 5.91 Å². The number of hydrogen-bond acceptors (Lipinski definition) is 3. The summed E-state index contributed by atoms with van der Waals surface area (Å²) in [7, 11) is 0. The molecule has 142 valence electrons. The molecule has 0 radical (unpaired) electrons. The van der Waals surface area contributed by atoms with E-state index < -0.39 is 0 Å². The predicted octanol–water partition coefficient (Wildman–Crippen LogP) is 4.48. The molecular weight excluding hydrogens is 326 g/mol. The van der Waals surface area contributed by atoms with E-state index >= 15 is 0 Å². The van der Waals surface area contributed by atoms with E-state index in [0.29, 0.717) is 30.6 Å². The third-order valence-corrected chi connectivity index (χ3v) is 5.95. The van der Waals surface area contributed by atoms with Gasteiger partial charge in [0.15, 0.2) is 5.78 Å². The number of fused-ring (bicyclic) bond motifs is 1. The van der Waals surface area contributed by atoms with E-state index in [0.717, 1.165) is 31.1 Å². The van der Waals surface area contributed by atoms with Crippen molar-refractivity contribution in [2.24, 2.45) is 11.8 Å². The van der Waals surface area contributed by atoms with Gasteiger partial charge < -0.3 is 9.64 Å². The lowest BCUT2D eigenvalue weighted by molar-refractivity contribution is -0.137. The van der Waals surface area contributed by atoms with Crippen molar-refractivity contribution in [3.05, 3.63) is 29.8 Å². The average molecular weight is 357 g/mol. The number of hydrogen-bond donors (Lipinski definition) is 0. The molecule has 1 amide bonds. The van der Waals surface area contributed by atoms with Crippen LogP contribution >= 0.6 is 0 Å². The van der Waals surface area contributed by atoms with Gasteiger partial charge in [0.1, 0.15) is 5.75 Å². The van der Waals surface area contributed by atoms with Crippen molar-refractivity contribution in [1.29, 1.82) is 0 Å². The molecule has 0 aromatic heterocycles. The van der Waals surface area contributed by atoms with Gasteiger partial charge >= 0.3 is 0 Å². The van der Waals surface area contributed by atoms with Crippen molar-refractivity contribution in [3.63, 3.8) is 0 Å². The van der Waals surface area contributed by atoms with E-state index in [9.17, 15) is 9.59 Å². The first-order valence-electron chi connectivity index (χ1n) is 10.1. The summed E-state index contributed by atoms with van der Waals surface area (Å²) < 4.78 is 5.40. The summed E-state index contributed by atoms with van der Waals surface area (Å²) in [6.45, 7) is 5.74. The van der Waals surface area contributed by atoms with E-state index in [1.165, 1.54) is 19.3 Å². The molecule has 3 rings (SSSR count). The Morgan fingerprint density at radius 2 is 1.88 bits per heavy atom. The molecule has 3 atom stereocenters. The van der Waals surface area contributed by atoms with E-state index in [2.05, 4.69) is 11.8 Å². The molecule has 1 aliphatic heterocycles. The molecule has 1 aromatic rings. The highest BCUT2D eigenvalue weighted by Crippen LogP contribution is 2.38. The number of carbonyl (C=O) groups is 2. The second kappa shape index (κ2) is 8.70. The predicted molar refractivity (Wildman–Crippen MR) is 102 cm³/mol. The third-order valence-electron chi connectivity index (χ3n) is 5.95. The number of carbonyl (C=O) groups excluding carboxylic acids is 2. The number of benzene rings is 1. The van der Waals surface area contributed by atoms with Gasteiger partial charge in [0.25, 0.3) is 0 Å². The molecule has 1 aromatic carbocycles. The summed E-state index contributed by atoms with van der Waals surface area (Å²) in [4.78, 5) is 27.3. The van der Waals surface area contributed by atoms with Crippen molar-refractivity contribution in [2.45, 2.75) is 64.8 Å². The number of ketones is 1. The monoisotopic (exact) mass is 357 g/mol. The van der Waals surface area contributed by atoms with Crippen molar-refractivity contribution in [3.8, 4) is 5.75 Å². The Labute approximate surface area is 156 Å². The van der Waals surface area contributed by atoms with Crippen molar-refractivity contribution < 1.29 is 14.3 Å². The molecule has 1 heterocycles. The normalized spacial score (nSPS) is 25.5. The lowest BCUT2D eigenvalue weighted by atomic mass is 9.74. The van der Waals surface area contributed by atoms with Crippen LogP contribution in [0.2, 0.25) is 0 Å². The minimum atomic E-state index is 0.0345. The van der Waals surface area contributed by atoms with Crippen molar-refractivity contribution >= 4 is 11.7 Å². The highest BCUT2D eigenvalue weighted by atomic mass is 16.5. The molecular formula is C22H31NO3. The SMILES string of the molecule is CCOc1ccc(C(=O)CCC(=O)N2CCCC3CC(C)CCC32)cc1. The van der Waals surface area contributed by atoms with Crippen LogP contribution in [0.5, 0.6) is 5.75 Å². The number of Topliss-reactive ketones (excluding diaryl/α,β-unsaturated/α-hetero) is 1. The topological polar surface area (TPSA) is 46.6 Å². The van der Waals surface area contributed by atoms with Crippen LogP contribution in [0.25, 0.3) is 0 Å². The van der Waals surface area contributed by atoms with Gasteiger partial charge in [-0.3, -0.25) is 9.59 Å². The quantitative estimate of drug-likeness (QED) is 0.706. The maximum atomic E-state index is 12.8. The Kier molecular flexibility index (Phi) is 6.33. The van der Waals surface area contributed by atoms with E-state index in [-0.39, 0.29) is 18.1 Å². The van der Waals surface area contributed by atoms with Gasteiger partial charge in [-0.2, -0.15) is 0 Å². The minimum absolute atomic E-state index is 0.0345. The van der Waals surface area contributed by atoms with Crippen LogP contribution < -0.4 is 4.74 Å². The Bertz CT molecular complexity index is 625. The summed E-state index contributed by atoms with van der Waals surface area (Å²) >= 11 is 0. The fraction of sp³-hybridized carbons (Fsp3) is 0.636. The van der Waals surface area contributed by atoms with Crippen molar-refractivity contribution in [2.75, 3.05) is 13.2 Å². The Hall–Kier alpha value is -1.84. The lowest BCUT2D eigenvalue weighted by Gasteiger charge is -2.45. The fourth-order valence-electron chi connectivity index (χ4n) is 4.61. The standard InChI is InChI=1S/C22H31NO3/c1-3-26-19-9-7-17(8-10-19)21(24)12-13-22(25)23-14-4-5-18-15-16(2)6-11-20(18)23/h7-10,16,18,20H,3-6,11-15H2,1-2H3. The van der Waals surface area contributed by atoms with Crippen molar-refractivity contribution in [1.82, 2.24) is 4.90 Å². The second-order valence-electron chi connectivity index (χ2n) is 7.86. The fourth-order valence-corrected chi connectivity index (χ4v) is 4.61. The number of ether oxygens (including phenoxy) is 1. The van der Waals surface area contributed by atoms with Gasteiger partial charge in [-0.05, 0) is 75.1 Å². The van der Waals surface area contributed by atoms with Crippen LogP contribution in [0.4, 0.5) is 0 Å². The number of likely N-dealkylation sites (tertiary alicyclic amines) is 1. The van der Waals surface area contributed by atoms with Gasteiger partial charge in [-0.25, -0.2) is 0 Å². The maximum Gasteiger partial charge on any atom is 0.223 e. The third kappa shape index (κ3) is 4.46. The summed E-state index contributed by atoms with van der Waals surface area (Å²) in [6.07, 6.45) is 6.57. The van der Waals surface area contributed by atoms with E-state index in [1.54, 1.807) is 12.1 Å². The zero-order valence-corrected chi connectivity index (χ0v) is 16.1. The molecule has 1 aliphatic carbocycles. The molecule has 26 heavy (non-hydrogen) atoms. The van der Waals surface area contributed by atoms with Crippen LogP contribution in [0.1, 0.15) is 69.2 Å². The van der Waals surface area contributed by atoms with Crippen LogP contribution in [0.15, 0.2) is 24.3 Å². The lowest BCUT2D eigenvalue weighted by Crippen LogP contribution is -2.50. The highest BCUT2D eigenvalue weighted by molar-refractivity contribution is 5.98. The number of rotatable bonds is 6. The van der Waals surface area contributed by atoms with Gasteiger partial charge in [0, 0.05) is 31.0 Å². The Morgan fingerprint density at radius 3 is 2.62 bits per heavy atom. The summed E-state index contributed by atoms with van der Waals surface area (Å²) in [6, 6.07) is 7.62. The van der Waals surface area contributed by atoms with Gasteiger partial charge in [-0.15, -0.1) is 0 Å². The first-order valence-corrected chi connectivity index (χ1v) is 10.1. The maximum absolute atomic E-state index is 12.8. The van der Waals surface area contributed by atoms with Crippen LogP contribution in [0, 0.1) is 11.8 Å². The average Bonchev–Trinajstić information content (AvgIpc) is 2.66. The van der Waals surface area contributed by atoms with E-state index in [1.807, 2.05) is 19.1 Å². The molecule has 2 aliphatic rings. The van der Waals surface area contributed by atoms with Crippen LogP contribution in [-0.4, -0.2) is 35.8 Å². The van der Waals surface area contributed by atoms with Crippen LogP contribution in [0.3, 0.4) is 0 Å². The highest BCUT2D eigenvalue weighted by Gasteiger charge is 2.37. The minimum Gasteiger partial charge on any atom is -0.494 e. The summed E-state index contributed by atoms with van der Waals surface area (Å²) in [5, 5.41) is 0. The van der Waals surface area contributed by atoms with Gasteiger partial charge in [0.05, 0.1) is 6.61 Å². The Morgan fingerprint density at radius 1 is 1.12 bits per heavy atom. The smallest absolute Gasteiger partial charge is 0.223 e. The van der Waals surface area contributed by atoms with E-state index in [4.69, 9.17) is 4.74 Å². The zero-order chi connectivity index (χ0) is 18.5. The number of piperidine rings is 1. The molecule has 0 N–H and O–H groups in total. The first-order chi connectivity index (χ1) is 12.6. The molecule has 0 spiro atoms. The second-order valence-corrected chi connectivity index (χ2v) is 7.86. The number of amides is 1. The molecule has 0 bridgehead atoms. The molecule has 1 saturated heterocycles. The zero-order valence-electron chi connectivity index (χ0n) is 16.1. The largest absolute Gasteiger partial charge is 0.494 e. The van der Waals surface area contributed by atoms with Gasteiger partial charge in [-0.1, -0.05) is 6.92 Å². The molecule has 1 saturated carbocycles. The molecule has 3 unspecified atom stereocenters. The molecule has 4 heteroatoms. The Balaban J connectivity index is 1.53. The number of nitrogens with zero attached hydrogens (tertiary/aromatic N) is 1. The summed E-state index contributed by atoms with van der Waals surface area (Å²) in [5.74, 6) is 2.41. The first kappa shape index (κ1) is 18.9.